The van der Waals surface area contributed by atoms with Gasteiger partial charge < -0.3 is 14.6 Å². The number of nitrogens with zero attached hydrogens (tertiary/aromatic N) is 1. The first-order valence-electron chi connectivity index (χ1n) is 8.37. The third kappa shape index (κ3) is 6.08. The number of esters is 1. The maximum atomic E-state index is 11.9. The van der Waals surface area contributed by atoms with E-state index in [2.05, 4.69) is 0 Å². The number of aliphatic hydroxyl groups excluding tert-OH is 1. The molecular formula is C21H21NO4. The Hall–Kier alpha value is -3.10. The maximum Gasteiger partial charge on any atom is 0.336 e. The van der Waals surface area contributed by atoms with Gasteiger partial charge in [0.25, 0.3) is 0 Å². The minimum atomic E-state index is -0.489. The second-order valence-electron chi connectivity index (χ2n) is 5.69. The summed E-state index contributed by atoms with van der Waals surface area (Å²) in [6.45, 7) is 2.67. The fourth-order valence-electron chi connectivity index (χ4n) is 2.25. The van der Waals surface area contributed by atoms with Crippen molar-refractivity contribution in [2.45, 2.75) is 19.8 Å². The summed E-state index contributed by atoms with van der Waals surface area (Å²) in [6, 6.07) is 14.0. The first-order valence-corrected chi connectivity index (χ1v) is 8.37. The molecule has 0 amide bonds. The zero-order valence-electron chi connectivity index (χ0n) is 14.6. The molecule has 0 aliphatic heterocycles. The van der Waals surface area contributed by atoms with Gasteiger partial charge >= 0.3 is 5.97 Å². The van der Waals surface area contributed by atoms with E-state index in [1.165, 1.54) is 6.08 Å². The van der Waals surface area contributed by atoms with Crippen LogP contribution in [0.4, 0.5) is 0 Å². The molecule has 134 valence electrons. The van der Waals surface area contributed by atoms with Gasteiger partial charge in [0, 0.05) is 12.7 Å². The van der Waals surface area contributed by atoms with E-state index in [4.69, 9.17) is 19.8 Å². The van der Waals surface area contributed by atoms with E-state index in [0.29, 0.717) is 17.9 Å². The van der Waals surface area contributed by atoms with Crippen molar-refractivity contribution < 1.29 is 19.4 Å². The second kappa shape index (κ2) is 10.0. The maximum absolute atomic E-state index is 11.9. The van der Waals surface area contributed by atoms with Crippen LogP contribution in [0.2, 0.25) is 0 Å². The topological polar surface area (TPSA) is 79.6 Å². The number of benzene rings is 2. The highest BCUT2D eigenvalue weighted by molar-refractivity contribution is 5.88. The summed E-state index contributed by atoms with van der Waals surface area (Å²) >= 11 is 0. The minimum absolute atomic E-state index is 0.171. The summed E-state index contributed by atoms with van der Waals surface area (Å²) in [5.74, 6) is 0.693. The van der Waals surface area contributed by atoms with Crippen LogP contribution in [0.25, 0.3) is 6.08 Å². The summed E-state index contributed by atoms with van der Waals surface area (Å²) in [5, 5.41) is 17.5. The number of aliphatic hydroxyl groups is 1. The van der Waals surface area contributed by atoms with E-state index in [0.717, 1.165) is 29.7 Å². The van der Waals surface area contributed by atoms with Gasteiger partial charge in [-0.05, 0) is 73.4 Å². The van der Waals surface area contributed by atoms with Crippen LogP contribution >= 0.6 is 0 Å². The normalized spacial score (nSPS) is 10.5. The number of carbonyl (C=O) groups is 1. The predicted octanol–water partition coefficient (Wildman–Crippen LogP) is 3.64. The molecule has 5 nitrogen and oxygen atoms in total. The average molecular weight is 351 g/mol. The monoisotopic (exact) mass is 351 g/mol. The zero-order valence-corrected chi connectivity index (χ0v) is 14.6. The molecule has 0 unspecified atom stereocenters. The van der Waals surface area contributed by atoms with Gasteiger partial charge in [0.1, 0.15) is 11.5 Å². The second-order valence-corrected chi connectivity index (χ2v) is 5.69. The summed E-state index contributed by atoms with van der Waals surface area (Å²) in [5.41, 5.74) is 2.34. The van der Waals surface area contributed by atoms with Gasteiger partial charge in [0.2, 0.25) is 0 Å². The quantitative estimate of drug-likeness (QED) is 0.340. The van der Waals surface area contributed by atoms with Crippen LogP contribution in [0, 0.1) is 18.3 Å². The smallest absolute Gasteiger partial charge is 0.336 e. The molecule has 0 aliphatic rings. The van der Waals surface area contributed by atoms with Gasteiger partial charge in [-0.25, -0.2) is 4.79 Å². The van der Waals surface area contributed by atoms with Gasteiger partial charge in [-0.15, -0.1) is 0 Å². The van der Waals surface area contributed by atoms with Crippen molar-refractivity contribution in [2.75, 3.05) is 13.2 Å². The number of ether oxygens (including phenoxy) is 2. The van der Waals surface area contributed by atoms with E-state index in [1.54, 1.807) is 30.3 Å². The fraction of sp³-hybridized carbons (Fsp3) is 0.238. The molecule has 0 spiro atoms. The van der Waals surface area contributed by atoms with Crippen molar-refractivity contribution in [3.63, 3.8) is 0 Å². The molecule has 0 aromatic heterocycles. The first-order chi connectivity index (χ1) is 12.6. The van der Waals surface area contributed by atoms with Crippen LogP contribution in [0.5, 0.6) is 11.5 Å². The largest absolute Gasteiger partial charge is 0.493 e. The van der Waals surface area contributed by atoms with Crippen LogP contribution in [0.1, 0.15) is 29.5 Å². The van der Waals surface area contributed by atoms with Crippen LogP contribution in [-0.2, 0) is 4.79 Å². The van der Waals surface area contributed by atoms with Gasteiger partial charge in [-0.2, -0.15) is 5.26 Å². The van der Waals surface area contributed by atoms with Crippen molar-refractivity contribution in [1.82, 2.24) is 0 Å². The Morgan fingerprint density at radius 1 is 1.19 bits per heavy atom. The van der Waals surface area contributed by atoms with Gasteiger partial charge in [0.15, 0.2) is 0 Å². The van der Waals surface area contributed by atoms with Gasteiger partial charge in [0.05, 0.1) is 18.2 Å². The van der Waals surface area contributed by atoms with Crippen LogP contribution in [0.3, 0.4) is 0 Å². The van der Waals surface area contributed by atoms with Gasteiger partial charge in [-0.3, -0.25) is 0 Å². The molecule has 26 heavy (non-hydrogen) atoms. The van der Waals surface area contributed by atoms with E-state index < -0.39 is 5.97 Å². The van der Waals surface area contributed by atoms with Crippen LogP contribution in [-0.4, -0.2) is 24.3 Å². The Balaban J connectivity index is 1.91. The van der Waals surface area contributed by atoms with Crippen LogP contribution in [0.15, 0.2) is 48.5 Å². The summed E-state index contributed by atoms with van der Waals surface area (Å²) in [6.07, 6.45) is 4.56. The third-order valence-electron chi connectivity index (χ3n) is 3.62. The molecule has 0 radical (unpaired) electrons. The van der Waals surface area contributed by atoms with E-state index in [-0.39, 0.29) is 6.61 Å². The predicted molar refractivity (Wildman–Crippen MR) is 98.8 cm³/mol. The molecule has 0 bridgehead atoms. The van der Waals surface area contributed by atoms with Crippen molar-refractivity contribution in [2.24, 2.45) is 0 Å². The van der Waals surface area contributed by atoms with Crippen molar-refractivity contribution in [3.05, 3.63) is 65.2 Å². The number of hydrogen-bond donors (Lipinski definition) is 1. The lowest BCUT2D eigenvalue weighted by Crippen LogP contribution is -2.03. The highest BCUT2D eigenvalue weighted by atomic mass is 16.5. The molecule has 2 rings (SSSR count). The number of rotatable bonds is 8. The molecule has 0 atom stereocenters. The summed E-state index contributed by atoms with van der Waals surface area (Å²) in [7, 11) is 0. The minimum Gasteiger partial charge on any atom is -0.493 e. The number of hydrogen-bond acceptors (Lipinski definition) is 5. The van der Waals surface area contributed by atoms with E-state index >= 15 is 0 Å². The summed E-state index contributed by atoms with van der Waals surface area (Å²) in [4.78, 5) is 11.9. The molecule has 0 aliphatic carbocycles. The molecular weight excluding hydrogens is 330 g/mol. The Morgan fingerprint density at radius 2 is 1.96 bits per heavy atom. The Kier molecular flexibility index (Phi) is 7.41. The average Bonchev–Trinajstić information content (AvgIpc) is 2.65. The van der Waals surface area contributed by atoms with Crippen molar-refractivity contribution in [1.29, 1.82) is 5.26 Å². The third-order valence-corrected chi connectivity index (χ3v) is 3.62. The Labute approximate surface area is 153 Å². The molecule has 0 saturated heterocycles. The molecule has 1 N–H and O–H groups in total. The number of unbranched alkanes of at least 4 members (excludes halogenated alkanes) is 1. The lowest BCUT2D eigenvalue weighted by Gasteiger charge is -2.09. The Morgan fingerprint density at radius 3 is 2.62 bits per heavy atom. The highest BCUT2D eigenvalue weighted by Gasteiger charge is 2.03. The van der Waals surface area contributed by atoms with Crippen LogP contribution < -0.4 is 9.47 Å². The summed E-state index contributed by atoms with van der Waals surface area (Å²) < 4.78 is 10.9. The number of carbonyl (C=O) groups excluding carboxylic acids is 1. The number of nitriles is 1. The standard InChI is InChI=1S/C21H21NO4/c1-16-14-17(6-10-20(16)25-13-3-2-12-23)7-11-21(24)26-19-8-4-18(15-22)5-9-19/h4-11,14,23H,2-3,12-13H2,1H3/b11-7+. The SMILES string of the molecule is Cc1cc(/C=C/C(=O)Oc2ccc(C#N)cc2)ccc1OCCCCO. The first kappa shape index (κ1) is 19.2. The van der Waals surface area contributed by atoms with E-state index in [1.807, 2.05) is 31.2 Å². The van der Waals surface area contributed by atoms with Crippen molar-refractivity contribution >= 4 is 12.0 Å². The zero-order chi connectivity index (χ0) is 18.8. The molecule has 0 fully saturated rings. The molecule has 0 saturated carbocycles. The lowest BCUT2D eigenvalue weighted by molar-refractivity contribution is -0.128. The molecule has 5 heteroatoms. The van der Waals surface area contributed by atoms with E-state index in [9.17, 15) is 4.79 Å². The van der Waals surface area contributed by atoms with Gasteiger partial charge in [-0.1, -0.05) is 6.07 Å². The molecule has 2 aromatic rings. The number of aryl methyl sites for hydroxylation is 1. The lowest BCUT2D eigenvalue weighted by atomic mass is 10.1. The fourth-order valence-corrected chi connectivity index (χ4v) is 2.25. The molecule has 2 aromatic carbocycles. The Bertz CT molecular complexity index is 804. The highest BCUT2D eigenvalue weighted by Crippen LogP contribution is 2.20. The molecule has 0 heterocycles. The van der Waals surface area contributed by atoms with Crippen molar-refractivity contribution in [3.8, 4) is 17.6 Å².